The maximum atomic E-state index is 11.5. The number of anilines is 1. The first kappa shape index (κ1) is 9.73. The van der Waals surface area contributed by atoms with E-state index in [-0.39, 0.29) is 5.91 Å². The largest absolute Gasteiger partial charge is 0.322 e. The lowest BCUT2D eigenvalue weighted by molar-refractivity contribution is -0.112. The lowest BCUT2D eigenvalue weighted by Crippen LogP contribution is -2.14. The van der Waals surface area contributed by atoms with Crippen LogP contribution in [0.25, 0.3) is 0 Å². The number of hydrogen-bond donors (Lipinski definition) is 1. The number of amides is 1. The van der Waals surface area contributed by atoms with Crippen LogP contribution in [0.2, 0.25) is 5.02 Å². The minimum atomic E-state index is -0.234. The Balaban J connectivity index is 2.06. The van der Waals surface area contributed by atoms with E-state index in [1.807, 2.05) is 0 Å². The second kappa shape index (κ2) is 4.14. The van der Waals surface area contributed by atoms with Gasteiger partial charge in [0.1, 0.15) is 0 Å². The van der Waals surface area contributed by atoms with E-state index in [4.69, 9.17) is 11.6 Å². The smallest absolute Gasteiger partial charge is 0.258 e. The lowest BCUT2D eigenvalue weighted by atomic mass is 10.2. The number of hydrogen-bond acceptors (Lipinski definition) is 2. The van der Waals surface area contributed by atoms with Gasteiger partial charge in [-0.15, -0.1) is 0 Å². The molecule has 2 rings (SSSR count). The first-order chi connectivity index (χ1) is 7.25. The molecule has 0 saturated carbocycles. The molecule has 0 spiro atoms. The Morgan fingerprint density at radius 3 is 2.60 bits per heavy atom. The fourth-order valence-corrected chi connectivity index (χ4v) is 1.20. The highest BCUT2D eigenvalue weighted by Gasteiger charge is 2.10. The number of halogens is 1. The Hall–Kier alpha value is -1.81. The van der Waals surface area contributed by atoms with Gasteiger partial charge in [0, 0.05) is 10.7 Å². The summed E-state index contributed by atoms with van der Waals surface area (Å²) in [4.78, 5) is 11.5. The van der Waals surface area contributed by atoms with Crippen molar-refractivity contribution in [2.45, 2.75) is 0 Å². The van der Waals surface area contributed by atoms with Crippen molar-refractivity contribution in [3.05, 3.63) is 41.1 Å². The summed E-state index contributed by atoms with van der Waals surface area (Å²) in [6, 6.07) is 6.87. The summed E-state index contributed by atoms with van der Waals surface area (Å²) in [6.45, 7) is 0. The average molecular weight is 221 g/mol. The summed E-state index contributed by atoms with van der Waals surface area (Å²) in [7, 11) is 0. The fraction of sp³-hybridized carbons (Fsp3) is 0. The molecule has 1 N–H and O–H groups in total. The molecule has 1 aliphatic rings. The number of benzene rings is 1. The van der Waals surface area contributed by atoms with Crippen LogP contribution in [-0.4, -0.2) is 12.1 Å². The van der Waals surface area contributed by atoms with Crippen molar-refractivity contribution in [2.24, 2.45) is 5.10 Å². The summed E-state index contributed by atoms with van der Waals surface area (Å²) in [5.74, 6) is -0.234. The summed E-state index contributed by atoms with van der Waals surface area (Å²) in [6.07, 6.45) is 2.82. The summed E-state index contributed by atoms with van der Waals surface area (Å²) < 4.78 is 0. The van der Waals surface area contributed by atoms with Gasteiger partial charge in [-0.3, -0.25) is 4.79 Å². The van der Waals surface area contributed by atoms with Crippen LogP contribution < -0.4 is 10.7 Å². The number of nitrogens with one attached hydrogen (secondary N) is 1. The number of carbonyl (C=O) groups is 1. The third kappa shape index (κ3) is 2.35. The van der Waals surface area contributed by atoms with E-state index in [0.717, 1.165) is 0 Å². The number of rotatable bonds is 2. The van der Waals surface area contributed by atoms with Gasteiger partial charge < -0.3 is 5.32 Å². The van der Waals surface area contributed by atoms with Gasteiger partial charge in [-0.2, -0.15) is 10.5 Å². The Labute approximate surface area is 91.6 Å². The second-order valence-electron chi connectivity index (χ2n) is 2.91. The molecule has 0 aliphatic carbocycles. The first-order valence-corrected chi connectivity index (χ1v) is 4.64. The molecule has 0 aromatic heterocycles. The van der Waals surface area contributed by atoms with Crippen molar-refractivity contribution in [1.82, 2.24) is 5.43 Å². The quantitative estimate of drug-likeness (QED) is 0.811. The molecule has 1 aliphatic heterocycles. The third-order valence-corrected chi connectivity index (χ3v) is 2.08. The number of nitrogens with zero attached hydrogens (tertiary/aromatic N) is 2. The molecule has 1 aromatic rings. The minimum absolute atomic E-state index is 0.234. The highest BCUT2D eigenvalue weighted by Crippen LogP contribution is 2.14. The molecule has 5 heteroatoms. The van der Waals surface area contributed by atoms with Crippen LogP contribution in [0.4, 0.5) is 5.69 Å². The lowest BCUT2D eigenvalue weighted by Gasteiger charge is -2.03. The van der Waals surface area contributed by atoms with E-state index in [1.54, 1.807) is 24.3 Å². The van der Waals surface area contributed by atoms with E-state index < -0.39 is 0 Å². The zero-order chi connectivity index (χ0) is 10.7. The van der Waals surface area contributed by atoms with E-state index in [9.17, 15) is 4.79 Å². The van der Waals surface area contributed by atoms with Crippen LogP contribution in [-0.2, 0) is 4.79 Å². The van der Waals surface area contributed by atoms with E-state index in [1.165, 1.54) is 12.4 Å². The van der Waals surface area contributed by atoms with Crippen molar-refractivity contribution >= 4 is 29.4 Å². The summed E-state index contributed by atoms with van der Waals surface area (Å²) >= 11 is 5.72. The Morgan fingerprint density at radius 1 is 1.27 bits per heavy atom. The summed E-state index contributed by atoms with van der Waals surface area (Å²) in [5, 5.41) is 6.89. The zero-order valence-electron chi connectivity index (χ0n) is 7.64. The average Bonchev–Trinajstić information content (AvgIpc) is 2.74. The van der Waals surface area contributed by atoms with Gasteiger partial charge in [0.25, 0.3) is 5.91 Å². The standard InChI is InChI=1S/C10H7ClN3O/c11-8-1-3-9(4-2-8)14-10(15)7-5-12-13-6-7/h1-6H,(H,14,15). The maximum Gasteiger partial charge on any atom is 0.258 e. The van der Waals surface area contributed by atoms with E-state index in [2.05, 4.69) is 15.8 Å². The molecule has 4 nitrogen and oxygen atoms in total. The predicted octanol–water partition coefficient (Wildman–Crippen LogP) is 1.77. The molecule has 75 valence electrons. The molecule has 15 heavy (non-hydrogen) atoms. The van der Waals surface area contributed by atoms with Crippen molar-refractivity contribution < 1.29 is 4.79 Å². The van der Waals surface area contributed by atoms with Gasteiger partial charge >= 0.3 is 0 Å². The minimum Gasteiger partial charge on any atom is -0.322 e. The van der Waals surface area contributed by atoms with E-state index in [0.29, 0.717) is 16.3 Å². The van der Waals surface area contributed by atoms with Crippen LogP contribution in [0.5, 0.6) is 0 Å². The molecule has 1 aromatic carbocycles. The molecule has 1 radical (unpaired) electrons. The zero-order valence-corrected chi connectivity index (χ0v) is 8.40. The normalized spacial score (nSPS) is 13.3. The third-order valence-electron chi connectivity index (χ3n) is 1.82. The van der Waals surface area contributed by atoms with Gasteiger partial charge in [-0.05, 0) is 24.3 Å². The van der Waals surface area contributed by atoms with Crippen LogP contribution in [0.1, 0.15) is 0 Å². The molecule has 1 heterocycles. The van der Waals surface area contributed by atoms with Gasteiger partial charge in [-0.1, -0.05) is 11.6 Å². The molecule has 0 fully saturated rings. The molecule has 1 amide bonds. The Bertz CT molecular complexity index is 436. The van der Waals surface area contributed by atoms with E-state index >= 15 is 0 Å². The fourth-order valence-electron chi connectivity index (χ4n) is 1.08. The molecular weight excluding hydrogens is 214 g/mol. The van der Waals surface area contributed by atoms with Crippen LogP contribution in [0.3, 0.4) is 0 Å². The van der Waals surface area contributed by atoms with Gasteiger partial charge in [0.2, 0.25) is 0 Å². The second-order valence-corrected chi connectivity index (χ2v) is 3.34. The monoisotopic (exact) mass is 220 g/mol. The highest BCUT2D eigenvalue weighted by atomic mass is 35.5. The maximum absolute atomic E-state index is 11.5. The molecular formula is C10H7ClN3O. The van der Waals surface area contributed by atoms with Crippen molar-refractivity contribution in [3.63, 3.8) is 0 Å². The Kier molecular flexibility index (Phi) is 2.69. The van der Waals surface area contributed by atoms with Crippen molar-refractivity contribution in [3.8, 4) is 0 Å². The van der Waals surface area contributed by atoms with Crippen LogP contribution >= 0.6 is 11.6 Å². The van der Waals surface area contributed by atoms with Crippen molar-refractivity contribution in [2.75, 3.05) is 5.32 Å². The number of carbonyl (C=O) groups excluding carboxylic acids is 1. The summed E-state index contributed by atoms with van der Waals surface area (Å²) in [5.41, 5.74) is 4.69. The molecule has 0 saturated heterocycles. The van der Waals surface area contributed by atoms with Crippen LogP contribution in [0, 0.1) is 0 Å². The first-order valence-electron chi connectivity index (χ1n) is 4.26. The SMILES string of the molecule is O=C(Nc1ccc(Cl)cc1)C1=C[N]N=C1. The molecule has 0 bridgehead atoms. The van der Waals surface area contributed by atoms with Gasteiger partial charge in [0.15, 0.2) is 0 Å². The van der Waals surface area contributed by atoms with Gasteiger partial charge in [0.05, 0.1) is 18.0 Å². The predicted molar refractivity (Wildman–Crippen MR) is 58.8 cm³/mol. The van der Waals surface area contributed by atoms with Crippen LogP contribution in [0.15, 0.2) is 41.1 Å². The molecule has 0 atom stereocenters. The molecule has 0 unspecified atom stereocenters. The highest BCUT2D eigenvalue weighted by molar-refractivity contribution is 6.30. The topological polar surface area (TPSA) is 55.6 Å². The Morgan fingerprint density at radius 2 is 2.00 bits per heavy atom. The van der Waals surface area contributed by atoms with Gasteiger partial charge in [-0.25, -0.2) is 0 Å². The van der Waals surface area contributed by atoms with Crippen molar-refractivity contribution in [1.29, 1.82) is 0 Å².